The van der Waals surface area contributed by atoms with Crippen molar-refractivity contribution < 1.29 is 4.79 Å². The number of carbonyl (C=O) groups excluding carboxylic acids is 1. The van der Waals surface area contributed by atoms with Crippen molar-refractivity contribution in [2.24, 2.45) is 0 Å². The van der Waals surface area contributed by atoms with Crippen LogP contribution in [0.15, 0.2) is 53.7 Å². The molecule has 0 fully saturated rings. The summed E-state index contributed by atoms with van der Waals surface area (Å²) < 4.78 is 0. The van der Waals surface area contributed by atoms with Gasteiger partial charge in [-0.1, -0.05) is 53.2 Å². The summed E-state index contributed by atoms with van der Waals surface area (Å²) in [7, 11) is 0. The molecule has 1 heterocycles. The number of nitrogens with zero attached hydrogens (tertiary/aromatic N) is 2. The van der Waals surface area contributed by atoms with Crippen LogP contribution in [-0.2, 0) is 4.79 Å². The monoisotopic (exact) mass is 372 g/mol. The Morgan fingerprint density at radius 1 is 1.16 bits per heavy atom. The topological polar surface area (TPSA) is 70.7 Å². The van der Waals surface area contributed by atoms with Gasteiger partial charge in [0.15, 0.2) is 5.82 Å². The Hall–Kier alpha value is -2.31. The number of hydrogen-bond donors (Lipinski definition) is 2. The zero-order chi connectivity index (χ0) is 17.8. The lowest BCUT2D eigenvalue weighted by atomic mass is 10.1. The van der Waals surface area contributed by atoms with Crippen LogP contribution in [0.5, 0.6) is 0 Å². The van der Waals surface area contributed by atoms with E-state index in [0.717, 1.165) is 5.56 Å². The van der Waals surface area contributed by atoms with Crippen LogP contribution >= 0.6 is 23.4 Å². The molecule has 3 rings (SSSR count). The van der Waals surface area contributed by atoms with Crippen LogP contribution in [0, 0.1) is 6.92 Å². The minimum Gasteiger partial charge on any atom is -0.325 e. The van der Waals surface area contributed by atoms with Gasteiger partial charge in [-0.3, -0.25) is 9.89 Å². The van der Waals surface area contributed by atoms with E-state index in [2.05, 4.69) is 20.5 Å². The number of aromatic amines is 1. The van der Waals surface area contributed by atoms with Crippen molar-refractivity contribution in [3.8, 4) is 11.4 Å². The highest BCUT2D eigenvalue weighted by molar-refractivity contribution is 8.00. The van der Waals surface area contributed by atoms with Crippen LogP contribution < -0.4 is 5.32 Å². The minimum absolute atomic E-state index is 0.117. The van der Waals surface area contributed by atoms with Crippen LogP contribution in [-0.4, -0.2) is 26.3 Å². The molecule has 0 saturated carbocycles. The van der Waals surface area contributed by atoms with E-state index in [9.17, 15) is 4.79 Å². The molecule has 3 aromatic rings. The van der Waals surface area contributed by atoms with E-state index in [1.54, 1.807) is 24.3 Å². The van der Waals surface area contributed by atoms with Crippen molar-refractivity contribution in [1.82, 2.24) is 15.2 Å². The molecule has 2 aromatic carbocycles. The average molecular weight is 373 g/mol. The van der Waals surface area contributed by atoms with Gasteiger partial charge in [-0.05, 0) is 38.1 Å². The molecule has 25 heavy (non-hydrogen) atoms. The van der Waals surface area contributed by atoms with Crippen LogP contribution in [0.3, 0.4) is 0 Å². The largest absolute Gasteiger partial charge is 0.325 e. The van der Waals surface area contributed by atoms with Crippen LogP contribution in [0.1, 0.15) is 12.5 Å². The van der Waals surface area contributed by atoms with Gasteiger partial charge in [0, 0.05) is 16.3 Å². The second-order valence-electron chi connectivity index (χ2n) is 5.59. The number of thioether (sulfide) groups is 1. The molecule has 1 amide bonds. The molecule has 128 valence electrons. The Balaban J connectivity index is 1.62. The number of nitrogens with one attached hydrogen (secondary N) is 2. The smallest absolute Gasteiger partial charge is 0.237 e. The molecule has 0 saturated heterocycles. The molecular formula is C18H17ClN4OS. The van der Waals surface area contributed by atoms with Gasteiger partial charge in [0.25, 0.3) is 0 Å². The summed E-state index contributed by atoms with van der Waals surface area (Å²) in [5.41, 5.74) is 2.85. The van der Waals surface area contributed by atoms with Gasteiger partial charge in [0.2, 0.25) is 11.1 Å². The average Bonchev–Trinajstić information content (AvgIpc) is 3.06. The second-order valence-corrected chi connectivity index (χ2v) is 7.33. The first kappa shape index (κ1) is 17.5. The maximum atomic E-state index is 12.3. The van der Waals surface area contributed by atoms with Gasteiger partial charge in [0.1, 0.15) is 0 Å². The quantitative estimate of drug-likeness (QED) is 0.644. The Kier molecular flexibility index (Phi) is 5.40. The van der Waals surface area contributed by atoms with Gasteiger partial charge in [-0.15, -0.1) is 5.10 Å². The minimum atomic E-state index is -0.336. The molecule has 5 nitrogen and oxygen atoms in total. The molecule has 0 radical (unpaired) electrons. The lowest BCUT2D eigenvalue weighted by molar-refractivity contribution is -0.115. The number of halogens is 1. The Bertz CT molecular complexity index is 862. The van der Waals surface area contributed by atoms with Gasteiger partial charge in [-0.2, -0.15) is 0 Å². The molecular weight excluding hydrogens is 356 g/mol. The van der Waals surface area contributed by atoms with E-state index in [0.29, 0.717) is 21.7 Å². The number of amides is 1. The summed E-state index contributed by atoms with van der Waals surface area (Å²) in [6, 6.07) is 15.0. The zero-order valence-electron chi connectivity index (χ0n) is 13.8. The fourth-order valence-corrected chi connectivity index (χ4v) is 2.98. The third-order valence-electron chi connectivity index (χ3n) is 3.55. The molecule has 0 aliphatic rings. The van der Waals surface area contributed by atoms with Crippen molar-refractivity contribution in [2.45, 2.75) is 24.3 Å². The van der Waals surface area contributed by atoms with Crippen LogP contribution in [0.4, 0.5) is 5.69 Å². The summed E-state index contributed by atoms with van der Waals surface area (Å²) in [4.78, 5) is 16.7. The molecule has 0 bridgehead atoms. The van der Waals surface area contributed by atoms with Crippen molar-refractivity contribution in [3.63, 3.8) is 0 Å². The first-order valence-electron chi connectivity index (χ1n) is 7.74. The lowest BCUT2D eigenvalue weighted by Gasteiger charge is -2.10. The van der Waals surface area contributed by atoms with Crippen molar-refractivity contribution in [1.29, 1.82) is 0 Å². The van der Waals surface area contributed by atoms with E-state index in [4.69, 9.17) is 11.6 Å². The van der Waals surface area contributed by atoms with E-state index in [1.165, 1.54) is 17.3 Å². The lowest BCUT2D eigenvalue weighted by Crippen LogP contribution is -2.22. The Morgan fingerprint density at radius 3 is 2.52 bits per heavy atom. The van der Waals surface area contributed by atoms with Gasteiger partial charge >= 0.3 is 0 Å². The Morgan fingerprint density at radius 2 is 1.84 bits per heavy atom. The predicted octanol–water partition coefficient (Wildman–Crippen LogP) is 4.55. The van der Waals surface area contributed by atoms with Gasteiger partial charge in [0.05, 0.1) is 5.25 Å². The van der Waals surface area contributed by atoms with E-state index < -0.39 is 0 Å². The molecule has 7 heteroatoms. The first-order valence-corrected chi connectivity index (χ1v) is 8.99. The zero-order valence-corrected chi connectivity index (χ0v) is 15.4. The molecule has 0 spiro atoms. The van der Waals surface area contributed by atoms with Crippen molar-refractivity contribution in [3.05, 3.63) is 59.1 Å². The van der Waals surface area contributed by atoms with Gasteiger partial charge < -0.3 is 5.32 Å². The molecule has 1 aromatic heterocycles. The summed E-state index contributed by atoms with van der Waals surface area (Å²) in [6.07, 6.45) is 0. The molecule has 0 aliphatic carbocycles. The summed E-state index contributed by atoms with van der Waals surface area (Å²) >= 11 is 7.14. The van der Waals surface area contributed by atoms with Crippen molar-refractivity contribution >= 4 is 35.0 Å². The maximum absolute atomic E-state index is 12.3. The van der Waals surface area contributed by atoms with Crippen molar-refractivity contribution in [2.75, 3.05) is 5.32 Å². The number of aryl methyl sites for hydroxylation is 1. The van der Waals surface area contributed by atoms with Crippen LogP contribution in [0.2, 0.25) is 5.02 Å². The molecule has 2 N–H and O–H groups in total. The normalized spacial score (nSPS) is 12.0. The van der Waals surface area contributed by atoms with E-state index in [1.807, 2.05) is 38.1 Å². The number of anilines is 1. The van der Waals surface area contributed by atoms with Gasteiger partial charge in [-0.25, -0.2) is 4.98 Å². The molecule has 1 atom stereocenters. The number of benzene rings is 2. The first-order chi connectivity index (χ1) is 12.0. The van der Waals surface area contributed by atoms with E-state index >= 15 is 0 Å². The number of rotatable bonds is 5. The maximum Gasteiger partial charge on any atom is 0.237 e. The van der Waals surface area contributed by atoms with Crippen LogP contribution in [0.25, 0.3) is 11.4 Å². The fourth-order valence-electron chi connectivity index (χ4n) is 2.13. The second kappa shape index (κ2) is 7.72. The highest BCUT2D eigenvalue weighted by atomic mass is 35.5. The highest BCUT2D eigenvalue weighted by Crippen LogP contribution is 2.24. The number of H-pyrrole nitrogens is 1. The summed E-state index contributed by atoms with van der Waals surface area (Å²) in [6.45, 7) is 3.85. The highest BCUT2D eigenvalue weighted by Gasteiger charge is 2.17. The Labute approximate surface area is 155 Å². The third kappa shape index (κ3) is 4.61. The standard InChI is InChI=1S/C18H17ClN4OS/c1-11-3-5-13(6-4-11)16-21-18(23-22-16)25-12(2)17(24)20-15-9-7-14(19)8-10-15/h3-10,12H,1-2H3,(H,20,24)(H,21,22,23)/t12-/m0/s1. The fraction of sp³-hybridized carbons (Fsp3) is 0.167. The molecule has 0 aliphatic heterocycles. The number of hydrogen-bond acceptors (Lipinski definition) is 4. The summed E-state index contributed by atoms with van der Waals surface area (Å²) in [5.74, 6) is 0.571. The SMILES string of the molecule is Cc1ccc(-c2nc(S[C@@H](C)C(=O)Nc3ccc(Cl)cc3)n[nH]2)cc1. The predicted molar refractivity (Wildman–Crippen MR) is 102 cm³/mol. The third-order valence-corrected chi connectivity index (χ3v) is 4.77. The molecule has 0 unspecified atom stereocenters. The number of carbonyl (C=O) groups is 1. The summed E-state index contributed by atoms with van der Waals surface area (Å²) in [5, 5.41) is 10.8. The number of aromatic nitrogens is 3. The van der Waals surface area contributed by atoms with E-state index in [-0.39, 0.29) is 11.2 Å².